The molecule has 0 spiro atoms. The first-order valence-corrected chi connectivity index (χ1v) is 5.74. The van der Waals surface area contributed by atoms with Gasteiger partial charge in [-0.1, -0.05) is 35.9 Å². The molecule has 0 fully saturated rings. The van der Waals surface area contributed by atoms with Crippen LogP contribution < -0.4 is 0 Å². The smallest absolute Gasteiger partial charge is 0.336 e. The summed E-state index contributed by atoms with van der Waals surface area (Å²) in [6.45, 7) is 0. The summed E-state index contributed by atoms with van der Waals surface area (Å²) in [5.74, 6) is -2.26. The number of aromatic carboxylic acids is 2. The van der Waals surface area contributed by atoms with Crippen molar-refractivity contribution in [3.8, 4) is 11.1 Å². The number of hydrogen-bond acceptors (Lipinski definition) is 2. The molecule has 0 aliphatic rings. The average Bonchev–Trinajstić information content (AvgIpc) is 2.38. The lowest BCUT2D eigenvalue weighted by Crippen LogP contribution is -2.04. The molecule has 0 saturated carbocycles. The van der Waals surface area contributed by atoms with E-state index in [-0.39, 0.29) is 16.1 Å². The zero-order chi connectivity index (χ0) is 14.0. The van der Waals surface area contributed by atoms with Crippen LogP contribution in [-0.4, -0.2) is 22.2 Å². The molecule has 2 aromatic carbocycles. The quantitative estimate of drug-likeness (QED) is 0.901. The number of carbonyl (C=O) groups is 2. The Hall–Kier alpha value is -2.33. The summed E-state index contributed by atoms with van der Waals surface area (Å²) < 4.78 is 0. The maximum absolute atomic E-state index is 11.2. The monoisotopic (exact) mass is 276 g/mol. The number of rotatable bonds is 3. The van der Waals surface area contributed by atoms with E-state index in [1.165, 1.54) is 24.3 Å². The van der Waals surface area contributed by atoms with Crippen molar-refractivity contribution in [2.24, 2.45) is 0 Å². The summed E-state index contributed by atoms with van der Waals surface area (Å²) >= 11 is 5.77. The molecule has 0 unspecified atom stereocenters. The van der Waals surface area contributed by atoms with Gasteiger partial charge in [0.05, 0.1) is 11.1 Å². The molecule has 96 valence electrons. The summed E-state index contributed by atoms with van der Waals surface area (Å²) in [5, 5.41) is 18.6. The first-order chi connectivity index (χ1) is 9.00. The normalized spacial score (nSPS) is 10.2. The molecule has 2 rings (SSSR count). The van der Waals surface area contributed by atoms with E-state index in [0.29, 0.717) is 11.1 Å². The van der Waals surface area contributed by atoms with E-state index < -0.39 is 11.9 Å². The highest BCUT2D eigenvalue weighted by Crippen LogP contribution is 2.29. The van der Waals surface area contributed by atoms with Gasteiger partial charge < -0.3 is 10.2 Å². The highest BCUT2D eigenvalue weighted by Gasteiger charge is 2.17. The molecule has 2 N–H and O–H groups in total. The second-order valence-corrected chi connectivity index (χ2v) is 4.28. The third-order valence-electron chi connectivity index (χ3n) is 2.66. The number of carboxylic acid groups (broad SMARTS) is 2. The Labute approximate surface area is 113 Å². The van der Waals surface area contributed by atoms with Crippen LogP contribution in [0.3, 0.4) is 0 Å². The molecule has 2 aromatic rings. The molecule has 0 aromatic heterocycles. The van der Waals surface area contributed by atoms with Crippen LogP contribution >= 0.6 is 11.6 Å². The van der Waals surface area contributed by atoms with Crippen molar-refractivity contribution in [3.05, 3.63) is 58.6 Å². The predicted octanol–water partition coefficient (Wildman–Crippen LogP) is 3.40. The summed E-state index contributed by atoms with van der Waals surface area (Å²) in [7, 11) is 0. The molecule has 0 heterocycles. The SMILES string of the molecule is O=C(O)c1ccccc1-c1ccc(Cl)cc1C(=O)O. The molecule has 0 atom stereocenters. The Kier molecular flexibility index (Phi) is 3.53. The average molecular weight is 277 g/mol. The van der Waals surface area contributed by atoms with Gasteiger partial charge in [0.15, 0.2) is 0 Å². The zero-order valence-corrected chi connectivity index (χ0v) is 10.4. The molecule has 0 amide bonds. The van der Waals surface area contributed by atoms with Gasteiger partial charge in [-0.25, -0.2) is 9.59 Å². The van der Waals surface area contributed by atoms with Gasteiger partial charge >= 0.3 is 11.9 Å². The standard InChI is InChI=1S/C14H9ClO4/c15-8-5-6-10(12(7-8)14(18)19)9-3-1-2-4-11(9)13(16)17/h1-7H,(H,16,17)(H,18,19). The molecule has 0 radical (unpaired) electrons. The molecule has 4 nitrogen and oxygen atoms in total. The van der Waals surface area contributed by atoms with Gasteiger partial charge in [-0.15, -0.1) is 0 Å². The van der Waals surface area contributed by atoms with Gasteiger partial charge in [-0.3, -0.25) is 0 Å². The lowest BCUT2D eigenvalue weighted by Gasteiger charge is -2.09. The van der Waals surface area contributed by atoms with E-state index in [1.807, 2.05) is 0 Å². The van der Waals surface area contributed by atoms with Crippen LogP contribution in [0.5, 0.6) is 0 Å². The van der Waals surface area contributed by atoms with Gasteiger partial charge in [-0.05, 0) is 29.3 Å². The maximum atomic E-state index is 11.2. The largest absolute Gasteiger partial charge is 0.478 e. The van der Waals surface area contributed by atoms with Crippen LogP contribution in [0.2, 0.25) is 5.02 Å². The number of benzene rings is 2. The van der Waals surface area contributed by atoms with Crippen molar-refractivity contribution in [2.45, 2.75) is 0 Å². The Morgan fingerprint density at radius 2 is 1.42 bits per heavy atom. The van der Waals surface area contributed by atoms with Crippen LogP contribution in [0.1, 0.15) is 20.7 Å². The van der Waals surface area contributed by atoms with Crippen LogP contribution in [0, 0.1) is 0 Å². The molecule has 19 heavy (non-hydrogen) atoms. The van der Waals surface area contributed by atoms with Crippen molar-refractivity contribution in [1.82, 2.24) is 0 Å². The van der Waals surface area contributed by atoms with Crippen molar-refractivity contribution in [1.29, 1.82) is 0 Å². The first-order valence-electron chi connectivity index (χ1n) is 5.36. The van der Waals surface area contributed by atoms with Crippen LogP contribution in [0.25, 0.3) is 11.1 Å². The molecular formula is C14H9ClO4. The Morgan fingerprint density at radius 1 is 0.842 bits per heavy atom. The number of hydrogen-bond donors (Lipinski definition) is 2. The van der Waals surface area contributed by atoms with Gasteiger partial charge in [0.1, 0.15) is 0 Å². The fraction of sp³-hybridized carbons (Fsp3) is 0. The second-order valence-electron chi connectivity index (χ2n) is 3.85. The highest BCUT2D eigenvalue weighted by molar-refractivity contribution is 6.31. The number of halogens is 1. The molecule has 0 saturated heterocycles. The fourth-order valence-electron chi connectivity index (χ4n) is 1.83. The zero-order valence-electron chi connectivity index (χ0n) is 9.63. The second kappa shape index (κ2) is 5.12. The molecule has 0 bridgehead atoms. The summed E-state index contributed by atoms with van der Waals surface area (Å²) in [4.78, 5) is 22.4. The molecular weight excluding hydrogens is 268 g/mol. The first kappa shape index (κ1) is 13.1. The van der Waals surface area contributed by atoms with E-state index in [1.54, 1.807) is 18.2 Å². The minimum Gasteiger partial charge on any atom is -0.478 e. The van der Waals surface area contributed by atoms with E-state index >= 15 is 0 Å². The Balaban J connectivity index is 2.72. The summed E-state index contributed by atoms with van der Waals surface area (Å²) in [5.41, 5.74) is 0.701. The molecule has 0 aliphatic carbocycles. The van der Waals surface area contributed by atoms with Gasteiger partial charge in [-0.2, -0.15) is 0 Å². The van der Waals surface area contributed by atoms with Crippen molar-refractivity contribution in [2.75, 3.05) is 0 Å². The highest BCUT2D eigenvalue weighted by atomic mass is 35.5. The Bertz CT molecular complexity index is 664. The van der Waals surface area contributed by atoms with Gasteiger partial charge in [0.25, 0.3) is 0 Å². The van der Waals surface area contributed by atoms with Crippen LogP contribution in [0.4, 0.5) is 0 Å². The lowest BCUT2D eigenvalue weighted by molar-refractivity contribution is 0.0684. The maximum Gasteiger partial charge on any atom is 0.336 e. The minimum atomic E-state index is -1.15. The molecule has 5 heteroatoms. The molecule has 0 aliphatic heterocycles. The predicted molar refractivity (Wildman–Crippen MR) is 70.8 cm³/mol. The van der Waals surface area contributed by atoms with E-state index in [2.05, 4.69) is 0 Å². The number of carboxylic acids is 2. The Morgan fingerprint density at radius 3 is 2.05 bits per heavy atom. The van der Waals surface area contributed by atoms with E-state index in [4.69, 9.17) is 16.7 Å². The van der Waals surface area contributed by atoms with Crippen LogP contribution in [0.15, 0.2) is 42.5 Å². The van der Waals surface area contributed by atoms with Crippen molar-refractivity contribution >= 4 is 23.5 Å². The van der Waals surface area contributed by atoms with Crippen molar-refractivity contribution in [3.63, 3.8) is 0 Å². The van der Waals surface area contributed by atoms with Gasteiger partial charge in [0.2, 0.25) is 0 Å². The third kappa shape index (κ3) is 2.58. The van der Waals surface area contributed by atoms with E-state index in [9.17, 15) is 14.7 Å². The van der Waals surface area contributed by atoms with Gasteiger partial charge in [0, 0.05) is 5.02 Å². The van der Waals surface area contributed by atoms with Crippen molar-refractivity contribution < 1.29 is 19.8 Å². The minimum absolute atomic E-state index is 0.0267. The fourth-order valence-corrected chi connectivity index (χ4v) is 2.00. The summed E-state index contributed by atoms with van der Waals surface area (Å²) in [6, 6.07) is 10.6. The summed E-state index contributed by atoms with van der Waals surface area (Å²) in [6.07, 6.45) is 0. The third-order valence-corrected chi connectivity index (χ3v) is 2.89. The lowest BCUT2D eigenvalue weighted by atomic mass is 9.95. The van der Waals surface area contributed by atoms with Crippen LogP contribution in [-0.2, 0) is 0 Å². The topological polar surface area (TPSA) is 74.6 Å². The van der Waals surface area contributed by atoms with E-state index in [0.717, 1.165) is 0 Å².